The summed E-state index contributed by atoms with van der Waals surface area (Å²) in [6, 6.07) is 0. The first-order chi connectivity index (χ1) is 18.6. The summed E-state index contributed by atoms with van der Waals surface area (Å²) >= 11 is 0. The van der Waals surface area contributed by atoms with Crippen molar-refractivity contribution in [1.82, 2.24) is 39.5 Å². The molecule has 38 heavy (non-hydrogen) atoms. The summed E-state index contributed by atoms with van der Waals surface area (Å²) in [6.07, 6.45) is 12.1. The molecule has 2 aromatic heterocycles. The molecule has 0 saturated heterocycles. The number of aliphatic imine (C=N–C) groups is 1. The van der Waals surface area contributed by atoms with E-state index in [1.54, 1.807) is 0 Å². The van der Waals surface area contributed by atoms with Crippen LogP contribution in [0.3, 0.4) is 0 Å². The monoisotopic (exact) mass is 525 g/mol. The van der Waals surface area contributed by atoms with Gasteiger partial charge in [-0.25, -0.2) is 9.97 Å². The molecule has 0 aliphatic carbocycles. The molecular formula is C28H47N9O. The number of rotatable bonds is 16. The van der Waals surface area contributed by atoms with E-state index >= 15 is 0 Å². The molecule has 1 amide bonds. The van der Waals surface area contributed by atoms with Gasteiger partial charge in [0, 0.05) is 58.2 Å². The van der Waals surface area contributed by atoms with Crippen molar-refractivity contribution in [3.8, 4) is 0 Å². The van der Waals surface area contributed by atoms with Gasteiger partial charge in [0.25, 0.3) is 5.91 Å². The maximum absolute atomic E-state index is 12.8. The first-order valence-corrected chi connectivity index (χ1v) is 14.6. The predicted octanol–water partition coefficient (Wildman–Crippen LogP) is 2.65. The number of aryl methyl sites for hydroxylation is 1. The lowest BCUT2D eigenvalue weighted by atomic mass is 9.98. The normalized spacial score (nSPS) is 17.3. The van der Waals surface area contributed by atoms with E-state index in [0.717, 1.165) is 102 Å². The molecule has 0 spiro atoms. The Labute approximate surface area is 227 Å². The zero-order valence-corrected chi connectivity index (χ0v) is 23.7. The van der Waals surface area contributed by atoms with Gasteiger partial charge in [-0.3, -0.25) is 14.7 Å². The summed E-state index contributed by atoms with van der Waals surface area (Å²) in [6.45, 7) is 13.9. The fourth-order valence-corrected chi connectivity index (χ4v) is 5.59. The Morgan fingerprint density at radius 3 is 2.71 bits per heavy atom. The summed E-state index contributed by atoms with van der Waals surface area (Å²) in [5.41, 5.74) is 0.550. The van der Waals surface area contributed by atoms with Crippen LogP contribution in [-0.4, -0.2) is 105 Å². The van der Waals surface area contributed by atoms with Gasteiger partial charge < -0.3 is 24.7 Å². The second-order valence-corrected chi connectivity index (χ2v) is 10.8. The van der Waals surface area contributed by atoms with Gasteiger partial charge in [0.2, 0.25) is 0 Å². The van der Waals surface area contributed by atoms with E-state index in [4.69, 9.17) is 4.99 Å². The number of nitrogens with zero attached hydrogens (tertiary/aromatic N) is 7. The highest BCUT2D eigenvalue weighted by molar-refractivity contribution is 5.92. The Morgan fingerprint density at radius 1 is 1.16 bits per heavy atom. The molecule has 1 unspecified atom stereocenters. The second kappa shape index (κ2) is 14.4. The van der Waals surface area contributed by atoms with Crippen LogP contribution in [0.2, 0.25) is 0 Å². The number of carbonyl (C=O) groups is 1. The van der Waals surface area contributed by atoms with E-state index in [1.807, 2.05) is 18.6 Å². The van der Waals surface area contributed by atoms with Crippen LogP contribution in [0.1, 0.15) is 68.1 Å². The molecule has 4 heterocycles. The smallest absolute Gasteiger partial charge is 0.271 e. The number of imidazole rings is 2. The van der Waals surface area contributed by atoms with Gasteiger partial charge in [-0.15, -0.1) is 0 Å². The number of amides is 1. The topological polar surface area (TPSA) is 97.7 Å². The fourth-order valence-electron chi connectivity index (χ4n) is 5.59. The van der Waals surface area contributed by atoms with Crippen LogP contribution in [0.15, 0.2) is 23.6 Å². The molecule has 0 bridgehead atoms. The Bertz CT molecular complexity index is 1010. The molecule has 2 aliphatic rings. The molecule has 2 N–H and O–H groups in total. The molecule has 10 nitrogen and oxygen atoms in total. The Kier molecular flexibility index (Phi) is 10.7. The maximum Gasteiger partial charge on any atom is 0.271 e. The second-order valence-electron chi connectivity index (χ2n) is 10.8. The van der Waals surface area contributed by atoms with Crippen LogP contribution in [-0.2, 0) is 19.5 Å². The molecular weight excluding hydrogens is 478 g/mol. The van der Waals surface area contributed by atoms with Crippen LogP contribution in [0.5, 0.6) is 0 Å². The van der Waals surface area contributed by atoms with Crippen LogP contribution >= 0.6 is 0 Å². The number of aromatic nitrogens is 4. The fraction of sp³-hybridized carbons (Fsp3) is 0.714. The third kappa shape index (κ3) is 8.14. The van der Waals surface area contributed by atoms with Crippen molar-refractivity contribution in [3.05, 3.63) is 35.9 Å². The summed E-state index contributed by atoms with van der Waals surface area (Å²) < 4.78 is 2.20. The van der Waals surface area contributed by atoms with Gasteiger partial charge in [-0.2, -0.15) is 0 Å². The van der Waals surface area contributed by atoms with E-state index in [9.17, 15) is 4.79 Å². The third-order valence-electron chi connectivity index (χ3n) is 7.57. The Balaban J connectivity index is 1.26. The number of carbonyl (C=O) groups excluding carboxylic acids is 1. The minimum absolute atomic E-state index is 0.0517. The van der Waals surface area contributed by atoms with Crippen molar-refractivity contribution in [1.29, 1.82) is 0 Å². The van der Waals surface area contributed by atoms with Gasteiger partial charge in [0.1, 0.15) is 23.2 Å². The number of likely N-dealkylation sites (N-methyl/N-ethyl adjacent to an activating group) is 1. The lowest BCUT2D eigenvalue weighted by Crippen LogP contribution is -2.40. The molecule has 1 atom stereocenters. The quantitative estimate of drug-likeness (QED) is 0.327. The number of aromatic amines is 1. The van der Waals surface area contributed by atoms with E-state index < -0.39 is 0 Å². The first kappa shape index (κ1) is 28.3. The lowest BCUT2D eigenvalue weighted by Gasteiger charge is -2.31. The molecule has 4 rings (SSSR count). The zero-order chi connectivity index (χ0) is 26.7. The van der Waals surface area contributed by atoms with Crippen LogP contribution in [0, 0.1) is 5.92 Å². The van der Waals surface area contributed by atoms with Crippen LogP contribution in [0.4, 0.5) is 0 Å². The molecule has 0 fully saturated rings. The highest BCUT2D eigenvalue weighted by atomic mass is 16.1. The number of amidine groups is 1. The van der Waals surface area contributed by atoms with Gasteiger partial charge >= 0.3 is 0 Å². The van der Waals surface area contributed by atoms with Crippen molar-refractivity contribution in [3.63, 3.8) is 0 Å². The standard InChI is InChI=1S/C28H47N9O/c1-4-14-35(15-5-2)16-7-6-10-32-28(38)24-20-37-19-23(8-9-26(37)33-24)18-36(21-25-29-11-12-30-25)22-27-31-13-17-34(27)3/h11-12,20,23H,4-10,13-19,21-22H2,1-3H3,(H,29,30)(H,32,38). The number of hydrogen-bond donors (Lipinski definition) is 2. The summed E-state index contributed by atoms with van der Waals surface area (Å²) in [7, 11) is 2.12. The maximum atomic E-state index is 12.8. The van der Waals surface area contributed by atoms with Crippen LogP contribution < -0.4 is 5.32 Å². The largest absolute Gasteiger partial charge is 0.360 e. The molecule has 0 saturated carbocycles. The minimum atomic E-state index is -0.0517. The molecule has 2 aliphatic heterocycles. The lowest BCUT2D eigenvalue weighted by molar-refractivity contribution is 0.0948. The number of fused-ring (bicyclic) bond motifs is 1. The van der Waals surface area contributed by atoms with Crippen LogP contribution in [0.25, 0.3) is 0 Å². The predicted molar refractivity (Wildman–Crippen MR) is 151 cm³/mol. The van der Waals surface area contributed by atoms with Crippen molar-refractivity contribution in [2.75, 3.05) is 59.4 Å². The molecule has 2 aromatic rings. The summed E-state index contributed by atoms with van der Waals surface area (Å²) in [5.74, 6) is 3.60. The van der Waals surface area contributed by atoms with Crippen molar-refractivity contribution < 1.29 is 4.79 Å². The number of unbranched alkanes of at least 4 members (excludes halogenated alkanes) is 1. The van der Waals surface area contributed by atoms with Crippen molar-refractivity contribution in [2.24, 2.45) is 10.9 Å². The highest BCUT2D eigenvalue weighted by Gasteiger charge is 2.26. The van der Waals surface area contributed by atoms with Gasteiger partial charge in [0.15, 0.2) is 0 Å². The van der Waals surface area contributed by atoms with Crippen molar-refractivity contribution >= 4 is 11.7 Å². The Morgan fingerprint density at radius 2 is 2.00 bits per heavy atom. The third-order valence-corrected chi connectivity index (χ3v) is 7.57. The van der Waals surface area contributed by atoms with E-state index in [0.29, 0.717) is 18.2 Å². The summed E-state index contributed by atoms with van der Waals surface area (Å²) in [5, 5.41) is 3.09. The van der Waals surface area contributed by atoms with E-state index in [2.05, 4.69) is 60.4 Å². The number of hydrogen-bond acceptors (Lipinski definition) is 7. The molecule has 0 aromatic carbocycles. The molecule has 10 heteroatoms. The summed E-state index contributed by atoms with van der Waals surface area (Å²) in [4.78, 5) is 37.1. The van der Waals surface area contributed by atoms with Gasteiger partial charge in [0.05, 0.1) is 19.6 Å². The van der Waals surface area contributed by atoms with Gasteiger partial charge in [-0.1, -0.05) is 13.8 Å². The number of H-pyrrole nitrogens is 1. The van der Waals surface area contributed by atoms with Crippen molar-refractivity contribution in [2.45, 2.75) is 65.5 Å². The molecule has 210 valence electrons. The van der Waals surface area contributed by atoms with E-state index in [-0.39, 0.29) is 5.91 Å². The SMILES string of the molecule is CCCN(CCC)CCCCNC(=O)c1cn2c(n1)CCC(CN(CC1=NCCN1C)Cc1ncc[nH]1)C2. The first-order valence-electron chi connectivity index (χ1n) is 14.6. The zero-order valence-electron chi connectivity index (χ0n) is 23.7. The van der Waals surface area contributed by atoms with E-state index in [1.165, 1.54) is 12.8 Å². The average molecular weight is 526 g/mol. The van der Waals surface area contributed by atoms with Gasteiger partial charge in [-0.05, 0) is 57.7 Å². The molecule has 0 radical (unpaired) electrons. The number of nitrogens with one attached hydrogen (secondary N) is 2. The average Bonchev–Trinajstić information content (AvgIpc) is 3.66. The Hall–Kier alpha value is -2.72. The highest BCUT2D eigenvalue weighted by Crippen LogP contribution is 2.22. The minimum Gasteiger partial charge on any atom is -0.360 e.